The average Bonchev–Trinajstić information content (AvgIpc) is 2.87. The summed E-state index contributed by atoms with van der Waals surface area (Å²) in [5.41, 5.74) is 3.16. The van der Waals surface area contributed by atoms with Crippen LogP contribution in [0.1, 0.15) is 11.1 Å². The van der Waals surface area contributed by atoms with Crippen LogP contribution in [0.2, 0.25) is 0 Å². The van der Waals surface area contributed by atoms with E-state index in [-0.39, 0.29) is 6.61 Å². The van der Waals surface area contributed by atoms with Crippen molar-refractivity contribution in [1.82, 2.24) is 9.55 Å². The second kappa shape index (κ2) is 4.63. The first-order chi connectivity index (χ1) is 8.86. The molecule has 2 aromatic heterocycles. The highest BCUT2D eigenvalue weighted by Gasteiger charge is 2.03. The molecule has 2 heterocycles. The maximum Gasteiger partial charge on any atom is 0.0751 e. The third kappa shape index (κ3) is 2.00. The number of fused-ring (bicyclic) bond motifs is 1. The zero-order valence-electron chi connectivity index (χ0n) is 9.95. The highest BCUT2D eigenvalue weighted by molar-refractivity contribution is 5.81. The Morgan fingerprint density at radius 3 is 2.83 bits per heavy atom. The molecule has 90 valence electrons. The third-order valence-corrected chi connectivity index (χ3v) is 3.06. The molecule has 1 N–H and O–H groups in total. The lowest BCUT2D eigenvalue weighted by atomic mass is 10.1. The molecule has 0 saturated heterocycles. The van der Waals surface area contributed by atoms with Gasteiger partial charge in [0.1, 0.15) is 0 Å². The van der Waals surface area contributed by atoms with E-state index in [2.05, 4.69) is 33.8 Å². The van der Waals surface area contributed by atoms with Gasteiger partial charge in [0, 0.05) is 30.5 Å². The average molecular weight is 238 g/mol. The number of aromatic nitrogens is 2. The Hall–Kier alpha value is -2.13. The lowest BCUT2D eigenvalue weighted by Gasteiger charge is -2.06. The van der Waals surface area contributed by atoms with Gasteiger partial charge in [-0.2, -0.15) is 0 Å². The molecule has 0 atom stereocenters. The van der Waals surface area contributed by atoms with Crippen molar-refractivity contribution in [2.45, 2.75) is 13.2 Å². The lowest BCUT2D eigenvalue weighted by molar-refractivity contribution is 0.282. The van der Waals surface area contributed by atoms with Crippen molar-refractivity contribution in [3.8, 4) is 0 Å². The molecule has 3 heteroatoms. The van der Waals surface area contributed by atoms with Crippen LogP contribution in [-0.2, 0) is 13.2 Å². The topological polar surface area (TPSA) is 38.0 Å². The normalized spacial score (nSPS) is 10.9. The van der Waals surface area contributed by atoms with E-state index in [1.165, 1.54) is 5.56 Å². The van der Waals surface area contributed by atoms with Gasteiger partial charge in [0.05, 0.1) is 12.1 Å². The Bertz CT molecular complexity index is 668. The summed E-state index contributed by atoms with van der Waals surface area (Å²) in [7, 11) is 0. The maximum atomic E-state index is 9.06. The number of hydrogen-bond acceptors (Lipinski definition) is 2. The van der Waals surface area contributed by atoms with E-state index in [1.807, 2.05) is 30.7 Å². The van der Waals surface area contributed by atoms with E-state index < -0.39 is 0 Å². The smallest absolute Gasteiger partial charge is 0.0751 e. The fourth-order valence-electron chi connectivity index (χ4n) is 2.17. The standard InChI is InChI=1S/C15H14N2O/c18-11-12-6-8-17(9-12)10-14-4-1-3-13-5-2-7-16-15(13)14/h1-9,18H,10-11H2. The number of pyridine rings is 1. The van der Waals surface area contributed by atoms with Crippen LogP contribution in [0.15, 0.2) is 55.0 Å². The molecule has 0 radical (unpaired) electrons. The summed E-state index contributed by atoms with van der Waals surface area (Å²) in [4.78, 5) is 4.44. The number of aliphatic hydroxyl groups excluding tert-OH is 1. The molecule has 0 spiro atoms. The minimum Gasteiger partial charge on any atom is -0.392 e. The third-order valence-electron chi connectivity index (χ3n) is 3.06. The number of hydrogen-bond donors (Lipinski definition) is 1. The molecule has 0 aliphatic carbocycles. The van der Waals surface area contributed by atoms with Gasteiger partial charge in [-0.15, -0.1) is 0 Å². The Morgan fingerprint density at radius 1 is 1.11 bits per heavy atom. The molecule has 0 aliphatic rings. The minimum absolute atomic E-state index is 0.0841. The number of para-hydroxylation sites is 1. The van der Waals surface area contributed by atoms with Gasteiger partial charge in [0.25, 0.3) is 0 Å². The second-order valence-electron chi connectivity index (χ2n) is 4.34. The molecule has 3 rings (SSSR count). The molecule has 0 aliphatic heterocycles. The number of rotatable bonds is 3. The van der Waals surface area contributed by atoms with Crippen molar-refractivity contribution in [1.29, 1.82) is 0 Å². The van der Waals surface area contributed by atoms with Crippen molar-refractivity contribution in [3.05, 3.63) is 66.1 Å². The first-order valence-corrected chi connectivity index (χ1v) is 5.95. The lowest BCUT2D eigenvalue weighted by Crippen LogP contribution is -1.98. The van der Waals surface area contributed by atoms with Crippen LogP contribution in [0.3, 0.4) is 0 Å². The summed E-state index contributed by atoms with van der Waals surface area (Å²) in [5, 5.41) is 10.2. The van der Waals surface area contributed by atoms with Gasteiger partial charge in [-0.1, -0.05) is 24.3 Å². The highest BCUT2D eigenvalue weighted by atomic mass is 16.3. The van der Waals surface area contributed by atoms with E-state index >= 15 is 0 Å². The summed E-state index contributed by atoms with van der Waals surface area (Å²) in [6.45, 7) is 0.856. The van der Waals surface area contributed by atoms with Crippen molar-refractivity contribution in [2.24, 2.45) is 0 Å². The van der Waals surface area contributed by atoms with Crippen molar-refractivity contribution < 1.29 is 5.11 Å². The summed E-state index contributed by atoms with van der Waals surface area (Å²) < 4.78 is 2.06. The van der Waals surface area contributed by atoms with Gasteiger partial charge in [-0.25, -0.2) is 0 Å². The molecule has 0 unspecified atom stereocenters. The Labute approximate surface area is 105 Å². The van der Waals surface area contributed by atoms with Gasteiger partial charge in [-0.3, -0.25) is 4.98 Å². The van der Waals surface area contributed by atoms with E-state index in [9.17, 15) is 0 Å². The van der Waals surface area contributed by atoms with Crippen LogP contribution in [0.4, 0.5) is 0 Å². The van der Waals surface area contributed by atoms with Crippen molar-refractivity contribution in [2.75, 3.05) is 0 Å². The van der Waals surface area contributed by atoms with Crippen LogP contribution in [0.5, 0.6) is 0 Å². The summed E-state index contributed by atoms with van der Waals surface area (Å²) in [6.07, 6.45) is 5.76. The van der Waals surface area contributed by atoms with Crippen LogP contribution in [0.25, 0.3) is 10.9 Å². The fourth-order valence-corrected chi connectivity index (χ4v) is 2.17. The minimum atomic E-state index is 0.0841. The summed E-state index contributed by atoms with van der Waals surface area (Å²) in [6, 6.07) is 12.2. The molecule has 0 bridgehead atoms. The molecule has 0 amide bonds. The molecule has 0 saturated carbocycles. The van der Waals surface area contributed by atoms with Gasteiger partial charge in [-0.05, 0) is 23.3 Å². The van der Waals surface area contributed by atoms with Crippen LogP contribution >= 0.6 is 0 Å². The first kappa shape index (κ1) is 11.0. The zero-order chi connectivity index (χ0) is 12.4. The first-order valence-electron chi connectivity index (χ1n) is 5.95. The molecule has 1 aromatic carbocycles. The monoisotopic (exact) mass is 238 g/mol. The molecule has 0 fully saturated rings. The fraction of sp³-hybridized carbons (Fsp3) is 0.133. The molecule has 3 aromatic rings. The number of benzene rings is 1. The molecular formula is C15H14N2O. The van der Waals surface area contributed by atoms with Crippen molar-refractivity contribution in [3.63, 3.8) is 0 Å². The second-order valence-corrected chi connectivity index (χ2v) is 4.34. The van der Waals surface area contributed by atoms with E-state index in [1.54, 1.807) is 0 Å². The SMILES string of the molecule is OCc1ccn(Cc2cccc3cccnc23)c1. The van der Waals surface area contributed by atoms with Crippen molar-refractivity contribution >= 4 is 10.9 Å². The molecule has 18 heavy (non-hydrogen) atoms. The summed E-state index contributed by atoms with van der Waals surface area (Å²) >= 11 is 0. The van der Waals surface area contributed by atoms with E-state index in [0.29, 0.717) is 0 Å². The van der Waals surface area contributed by atoms with Crippen LogP contribution in [-0.4, -0.2) is 14.7 Å². The summed E-state index contributed by atoms with van der Waals surface area (Å²) in [5.74, 6) is 0. The van der Waals surface area contributed by atoms with Gasteiger partial charge in [0.2, 0.25) is 0 Å². The predicted octanol–water partition coefficient (Wildman–Crippen LogP) is 2.58. The maximum absolute atomic E-state index is 9.06. The number of aliphatic hydroxyl groups is 1. The van der Waals surface area contributed by atoms with Gasteiger partial charge in [0.15, 0.2) is 0 Å². The Kier molecular flexibility index (Phi) is 2.82. The largest absolute Gasteiger partial charge is 0.392 e. The predicted molar refractivity (Wildman–Crippen MR) is 71.2 cm³/mol. The van der Waals surface area contributed by atoms with Gasteiger partial charge < -0.3 is 9.67 Å². The van der Waals surface area contributed by atoms with E-state index in [4.69, 9.17) is 5.11 Å². The van der Waals surface area contributed by atoms with Gasteiger partial charge >= 0.3 is 0 Å². The van der Waals surface area contributed by atoms with E-state index in [0.717, 1.165) is 23.0 Å². The van der Waals surface area contributed by atoms with Crippen LogP contribution < -0.4 is 0 Å². The number of nitrogens with zero attached hydrogens (tertiary/aromatic N) is 2. The Morgan fingerprint density at radius 2 is 2.00 bits per heavy atom. The quantitative estimate of drug-likeness (QED) is 0.761. The zero-order valence-corrected chi connectivity index (χ0v) is 9.95. The Balaban J connectivity index is 1.99. The molecular weight excluding hydrogens is 224 g/mol. The molecule has 3 nitrogen and oxygen atoms in total. The van der Waals surface area contributed by atoms with Crippen LogP contribution in [0, 0.1) is 0 Å². The highest BCUT2D eigenvalue weighted by Crippen LogP contribution is 2.17.